The van der Waals surface area contributed by atoms with Crippen LogP contribution in [-0.4, -0.2) is 31.6 Å². The molecule has 1 aliphatic rings. The highest BCUT2D eigenvalue weighted by atomic mass is 32.2. The van der Waals surface area contributed by atoms with Crippen molar-refractivity contribution in [2.24, 2.45) is 5.41 Å². The zero-order valence-electron chi connectivity index (χ0n) is 20.1. The number of aromatic carboxylic acids is 1. The second kappa shape index (κ2) is 9.82. The second-order valence-electron chi connectivity index (χ2n) is 9.35. The molecule has 196 valence electrons. The summed E-state index contributed by atoms with van der Waals surface area (Å²) in [5, 5.41) is 9.80. The molecular weight excluding hydrogens is 529 g/mol. The lowest BCUT2D eigenvalue weighted by Gasteiger charge is -2.29. The number of rotatable bonds is 7. The van der Waals surface area contributed by atoms with Crippen LogP contribution in [0.5, 0.6) is 5.75 Å². The fourth-order valence-corrected chi connectivity index (χ4v) is 6.13. The number of aromatic nitrogens is 1. The number of carbonyl (C=O) groups is 1. The first-order chi connectivity index (χ1) is 17.3. The van der Waals surface area contributed by atoms with E-state index in [9.17, 15) is 26.4 Å². The third-order valence-electron chi connectivity index (χ3n) is 6.10. The van der Waals surface area contributed by atoms with Crippen LogP contribution in [0.25, 0.3) is 16.1 Å². The van der Waals surface area contributed by atoms with Gasteiger partial charge in [0.15, 0.2) is 5.03 Å². The molecule has 2 aromatic carbocycles. The zero-order valence-corrected chi connectivity index (χ0v) is 21.7. The van der Waals surface area contributed by atoms with Crippen molar-refractivity contribution in [3.63, 3.8) is 0 Å². The molecule has 0 bridgehead atoms. The summed E-state index contributed by atoms with van der Waals surface area (Å²) in [5.74, 6) is -4.48. The summed E-state index contributed by atoms with van der Waals surface area (Å²) in [5.41, 5.74) is -0.398. The first kappa shape index (κ1) is 26.7. The lowest BCUT2D eigenvalue weighted by molar-refractivity contribution is 0.0691. The topological polar surface area (TPSA) is 106 Å². The van der Waals surface area contributed by atoms with E-state index < -0.39 is 44.0 Å². The van der Waals surface area contributed by atoms with E-state index >= 15 is 0 Å². The molecule has 1 aromatic heterocycles. The molecular formula is C25H23F3N2O5S2. The van der Waals surface area contributed by atoms with Gasteiger partial charge in [-0.2, -0.15) is 8.42 Å². The number of carboxylic acids is 1. The van der Waals surface area contributed by atoms with Crippen LogP contribution in [0.2, 0.25) is 0 Å². The van der Waals surface area contributed by atoms with Crippen LogP contribution in [0.1, 0.15) is 49.0 Å². The minimum absolute atomic E-state index is 0.0582. The van der Waals surface area contributed by atoms with E-state index in [0.717, 1.165) is 43.1 Å². The zero-order chi connectivity index (χ0) is 27.1. The van der Waals surface area contributed by atoms with Crippen LogP contribution >= 0.6 is 11.3 Å². The quantitative estimate of drug-likeness (QED) is 0.355. The highest BCUT2D eigenvalue weighted by Gasteiger charge is 2.27. The Hall–Kier alpha value is -3.38. The van der Waals surface area contributed by atoms with Gasteiger partial charge in [-0.15, -0.1) is 11.3 Å². The van der Waals surface area contributed by atoms with Crippen molar-refractivity contribution in [3.8, 4) is 16.3 Å². The summed E-state index contributed by atoms with van der Waals surface area (Å²) in [6.45, 7) is 4.19. The average Bonchev–Trinajstić information content (AvgIpc) is 3.31. The predicted molar refractivity (Wildman–Crippen MR) is 134 cm³/mol. The average molecular weight is 553 g/mol. The summed E-state index contributed by atoms with van der Waals surface area (Å²) < 4.78 is 77.0. The van der Waals surface area contributed by atoms with E-state index in [-0.39, 0.29) is 33.0 Å². The molecule has 0 amide bonds. The van der Waals surface area contributed by atoms with Crippen LogP contribution in [0, 0.1) is 22.9 Å². The van der Waals surface area contributed by atoms with Crippen LogP contribution in [0.15, 0.2) is 40.7 Å². The number of nitrogens with zero attached hydrogens (tertiary/aromatic N) is 1. The first-order valence-electron chi connectivity index (χ1n) is 11.1. The Morgan fingerprint density at radius 1 is 1.14 bits per heavy atom. The van der Waals surface area contributed by atoms with Gasteiger partial charge >= 0.3 is 5.97 Å². The molecule has 12 heteroatoms. The number of nitrogens with one attached hydrogen (secondary N) is 1. The highest BCUT2D eigenvalue weighted by Crippen LogP contribution is 2.40. The maximum absolute atomic E-state index is 15.0. The van der Waals surface area contributed by atoms with Gasteiger partial charge in [0.05, 0.1) is 18.4 Å². The summed E-state index contributed by atoms with van der Waals surface area (Å²) in [7, 11) is -3.22. The maximum atomic E-state index is 15.0. The number of halogens is 3. The van der Waals surface area contributed by atoms with Gasteiger partial charge in [-0.05, 0) is 48.4 Å². The van der Waals surface area contributed by atoms with Gasteiger partial charge in [-0.1, -0.05) is 19.9 Å². The Morgan fingerprint density at radius 2 is 1.81 bits per heavy atom. The fraction of sp³-hybridized carbons (Fsp3) is 0.280. The van der Waals surface area contributed by atoms with Gasteiger partial charge in [-0.25, -0.2) is 22.9 Å². The van der Waals surface area contributed by atoms with Crippen molar-refractivity contribution < 1.29 is 36.2 Å². The molecule has 0 saturated carbocycles. The number of thiazole rings is 1. The van der Waals surface area contributed by atoms with Gasteiger partial charge in [0.1, 0.15) is 28.2 Å². The standard InChI is InChI=1S/C25H23F3N2O5S2/c1-25(2)6-4-13(5-7-25)22-17(27)8-14(9-18(22)28)23-29-21(12-36-23)37(33,34)30-19-11-16(26)15(24(31)32)10-20(19)35-3/h4,8-12,30H,5-7H2,1-3H3,(H,31,32). The van der Waals surface area contributed by atoms with E-state index in [2.05, 4.69) is 23.6 Å². The Balaban J connectivity index is 1.62. The number of methoxy groups -OCH3 is 1. The molecule has 2 N–H and O–H groups in total. The largest absolute Gasteiger partial charge is 0.495 e. The van der Waals surface area contributed by atoms with Gasteiger partial charge < -0.3 is 9.84 Å². The van der Waals surface area contributed by atoms with Crippen molar-refractivity contribution in [1.82, 2.24) is 4.98 Å². The molecule has 0 radical (unpaired) electrons. The van der Waals surface area contributed by atoms with E-state index in [1.165, 1.54) is 5.38 Å². The molecule has 1 heterocycles. The Bertz CT molecular complexity index is 1510. The molecule has 7 nitrogen and oxygen atoms in total. The Morgan fingerprint density at radius 3 is 2.38 bits per heavy atom. The number of benzene rings is 2. The lowest BCUT2D eigenvalue weighted by atomic mass is 9.77. The maximum Gasteiger partial charge on any atom is 0.338 e. The van der Waals surface area contributed by atoms with Crippen LogP contribution < -0.4 is 9.46 Å². The van der Waals surface area contributed by atoms with E-state index in [1.54, 1.807) is 0 Å². The van der Waals surface area contributed by atoms with Crippen molar-refractivity contribution in [3.05, 3.63) is 64.3 Å². The molecule has 0 fully saturated rings. The Labute approximate surface area is 215 Å². The van der Waals surface area contributed by atoms with Crippen LogP contribution in [0.3, 0.4) is 0 Å². The third kappa shape index (κ3) is 5.49. The molecule has 0 saturated heterocycles. The number of sulfonamides is 1. The fourth-order valence-electron chi connectivity index (χ4n) is 3.99. The summed E-state index contributed by atoms with van der Waals surface area (Å²) in [6, 6.07) is 3.75. The highest BCUT2D eigenvalue weighted by molar-refractivity contribution is 7.92. The van der Waals surface area contributed by atoms with Crippen molar-refractivity contribution in [2.45, 2.75) is 38.1 Å². The van der Waals surface area contributed by atoms with Crippen LogP contribution in [0.4, 0.5) is 18.9 Å². The minimum atomic E-state index is -4.38. The van der Waals surface area contributed by atoms with Gasteiger partial charge in [0, 0.05) is 22.6 Å². The number of allylic oxidation sites excluding steroid dienone is 2. The summed E-state index contributed by atoms with van der Waals surface area (Å²) in [4.78, 5) is 15.1. The predicted octanol–water partition coefficient (Wildman–Crippen LogP) is 6.33. The number of hydrogen-bond acceptors (Lipinski definition) is 6. The van der Waals surface area contributed by atoms with Gasteiger partial charge in [0.25, 0.3) is 10.0 Å². The third-order valence-corrected chi connectivity index (χ3v) is 8.39. The summed E-state index contributed by atoms with van der Waals surface area (Å²) in [6.07, 6.45) is 3.90. The lowest BCUT2D eigenvalue weighted by Crippen LogP contribution is -2.15. The number of carboxylic acid groups (broad SMARTS) is 1. The molecule has 0 aliphatic heterocycles. The molecule has 0 spiro atoms. The van der Waals surface area contributed by atoms with E-state index in [1.807, 2.05) is 6.08 Å². The van der Waals surface area contributed by atoms with Gasteiger partial charge in [0.2, 0.25) is 0 Å². The molecule has 0 unspecified atom stereocenters. The normalized spacial score (nSPS) is 15.2. The number of ether oxygens (including phenoxy) is 1. The Kier molecular flexibility index (Phi) is 7.08. The smallest absolute Gasteiger partial charge is 0.338 e. The number of hydrogen-bond donors (Lipinski definition) is 2. The van der Waals surface area contributed by atoms with Crippen LogP contribution in [-0.2, 0) is 10.0 Å². The molecule has 1 aliphatic carbocycles. The molecule has 4 rings (SSSR count). The minimum Gasteiger partial charge on any atom is -0.495 e. The van der Waals surface area contributed by atoms with Crippen molar-refractivity contribution >= 4 is 38.6 Å². The van der Waals surface area contributed by atoms with Crippen molar-refractivity contribution in [2.75, 3.05) is 11.8 Å². The van der Waals surface area contributed by atoms with E-state index in [0.29, 0.717) is 24.5 Å². The molecule has 3 aromatic rings. The molecule has 37 heavy (non-hydrogen) atoms. The monoisotopic (exact) mass is 552 g/mol. The van der Waals surface area contributed by atoms with E-state index in [4.69, 9.17) is 9.84 Å². The SMILES string of the molecule is COc1cc(C(=O)O)c(F)cc1NS(=O)(=O)c1csc(-c2cc(F)c(C3=CCC(C)(C)CC3)c(F)c2)n1. The summed E-state index contributed by atoms with van der Waals surface area (Å²) >= 11 is 0.857. The molecule has 0 atom stereocenters. The second-order valence-corrected chi connectivity index (χ2v) is 11.8. The first-order valence-corrected chi connectivity index (χ1v) is 13.5. The van der Waals surface area contributed by atoms with Gasteiger partial charge in [-0.3, -0.25) is 4.72 Å². The van der Waals surface area contributed by atoms with Crippen molar-refractivity contribution in [1.29, 1.82) is 0 Å². The number of anilines is 1.